The third-order valence-corrected chi connectivity index (χ3v) is 7.60. The number of piperidine rings is 1. The van der Waals surface area contributed by atoms with E-state index in [2.05, 4.69) is 10.0 Å². The van der Waals surface area contributed by atoms with Gasteiger partial charge in [-0.25, -0.2) is 13.1 Å². The predicted molar refractivity (Wildman–Crippen MR) is 110 cm³/mol. The van der Waals surface area contributed by atoms with Gasteiger partial charge < -0.3 is 15.0 Å². The first-order chi connectivity index (χ1) is 13.9. The molecule has 0 atom stereocenters. The molecule has 3 rings (SSSR count). The zero-order valence-corrected chi connectivity index (χ0v) is 17.6. The number of para-hydroxylation sites is 1. The Hall–Kier alpha value is -2.43. The number of carbonyl (C=O) groups is 2. The van der Waals surface area contributed by atoms with E-state index in [9.17, 15) is 18.0 Å². The lowest BCUT2D eigenvalue weighted by Gasteiger charge is -2.32. The van der Waals surface area contributed by atoms with E-state index < -0.39 is 10.0 Å². The van der Waals surface area contributed by atoms with Crippen LogP contribution in [0.4, 0.5) is 0 Å². The van der Waals surface area contributed by atoms with Crippen LogP contribution in [0.15, 0.2) is 46.0 Å². The molecule has 8 nitrogen and oxygen atoms in total. The summed E-state index contributed by atoms with van der Waals surface area (Å²) < 4.78 is 32.8. The fourth-order valence-electron chi connectivity index (χ4n) is 3.14. The van der Waals surface area contributed by atoms with E-state index in [1.54, 1.807) is 46.7 Å². The maximum atomic E-state index is 12.4. The number of ether oxygens (including phenoxy) is 1. The maximum Gasteiger partial charge on any atom is 0.255 e. The third-order valence-electron chi connectivity index (χ3n) is 4.68. The summed E-state index contributed by atoms with van der Waals surface area (Å²) in [6.45, 7) is 0.741. The van der Waals surface area contributed by atoms with Gasteiger partial charge in [-0.15, -0.1) is 11.3 Å². The Balaban J connectivity index is 1.47. The topological polar surface area (TPSA) is 105 Å². The average molecular weight is 438 g/mol. The molecule has 1 fully saturated rings. The number of hydrogen-bond acceptors (Lipinski definition) is 6. The molecule has 1 aliphatic rings. The highest BCUT2D eigenvalue weighted by molar-refractivity contribution is 7.91. The van der Waals surface area contributed by atoms with Crippen LogP contribution in [0, 0.1) is 0 Å². The van der Waals surface area contributed by atoms with Crippen molar-refractivity contribution in [1.82, 2.24) is 14.9 Å². The van der Waals surface area contributed by atoms with Crippen LogP contribution >= 0.6 is 11.3 Å². The van der Waals surface area contributed by atoms with Crippen molar-refractivity contribution in [2.75, 3.05) is 26.7 Å². The van der Waals surface area contributed by atoms with Gasteiger partial charge in [-0.1, -0.05) is 18.2 Å². The van der Waals surface area contributed by atoms with E-state index in [0.717, 1.165) is 0 Å². The van der Waals surface area contributed by atoms with Crippen LogP contribution < -0.4 is 14.8 Å². The number of thiophene rings is 1. The molecule has 1 aromatic heterocycles. The first-order valence-electron chi connectivity index (χ1n) is 9.15. The highest BCUT2D eigenvalue weighted by atomic mass is 32.2. The summed E-state index contributed by atoms with van der Waals surface area (Å²) in [6, 6.07) is 9.84. The zero-order valence-electron chi connectivity index (χ0n) is 16.0. The van der Waals surface area contributed by atoms with Gasteiger partial charge in [-0.2, -0.15) is 0 Å². The number of sulfonamides is 1. The predicted octanol–water partition coefficient (Wildman–Crippen LogP) is 1.46. The first kappa shape index (κ1) is 21.3. The Morgan fingerprint density at radius 3 is 2.55 bits per heavy atom. The molecule has 1 saturated heterocycles. The van der Waals surface area contributed by atoms with E-state index in [0.29, 0.717) is 37.2 Å². The van der Waals surface area contributed by atoms with Gasteiger partial charge >= 0.3 is 0 Å². The van der Waals surface area contributed by atoms with Gasteiger partial charge in [0.15, 0.2) is 0 Å². The van der Waals surface area contributed by atoms with Gasteiger partial charge in [-0.05, 0) is 36.4 Å². The lowest BCUT2D eigenvalue weighted by Crippen LogP contribution is -2.48. The minimum Gasteiger partial charge on any atom is -0.496 e. The van der Waals surface area contributed by atoms with Crippen molar-refractivity contribution in [2.45, 2.75) is 23.1 Å². The van der Waals surface area contributed by atoms with Gasteiger partial charge in [0.1, 0.15) is 9.96 Å². The molecule has 0 bridgehead atoms. The van der Waals surface area contributed by atoms with E-state index in [1.165, 1.54) is 18.4 Å². The van der Waals surface area contributed by atoms with E-state index in [4.69, 9.17) is 4.74 Å². The van der Waals surface area contributed by atoms with Crippen molar-refractivity contribution < 1.29 is 22.7 Å². The summed E-state index contributed by atoms with van der Waals surface area (Å²) in [5, 5.41) is 4.34. The number of amides is 2. The minimum atomic E-state index is -3.52. The summed E-state index contributed by atoms with van der Waals surface area (Å²) in [5.74, 6) is -0.140. The lowest BCUT2D eigenvalue weighted by atomic mass is 10.1. The Bertz CT molecular complexity index is 952. The molecule has 1 aromatic carbocycles. The molecule has 29 heavy (non-hydrogen) atoms. The van der Waals surface area contributed by atoms with Crippen LogP contribution in [0.1, 0.15) is 23.2 Å². The molecule has 10 heteroatoms. The maximum absolute atomic E-state index is 12.4. The van der Waals surface area contributed by atoms with Gasteiger partial charge in [-0.3, -0.25) is 9.59 Å². The van der Waals surface area contributed by atoms with Gasteiger partial charge in [0.25, 0.3) is 5.91 Å². The smallest absolute Gasteiger partial charge is 0.255 e. The number of nitrogens with zero attached hydrogens (tertiary/aromatic N) is 1. The van der Waals surface area contributed by atoms with Crippen LogP contribution in [-0.4, -0.2) is 57.9 Å². The number of methoxy groups -OCH3 is 1. The van der Waals surface area contributed by atoms with E-state index in [1.807, 2.05) is 0 Å². The highest BCUT2D eigenvalue weighted by Crippen LogP contribution is 2.19. The quantitative estimate of drug-likeness (QED) is 0.682. The second kappa shape index (κ2) is 9.38. The van der Waals surface area contributed by atoms with Crippen molar-refractivity contribution in [1.29, 1.82) is 0 Å². The lowest BCUT2D eigenvalue weighted by molar-refractivity contribution is -0.131. The van der Waals surface area contributed by atoms with Crippen molar-refractivity contribution >= 4 is 33.2 Å². The Morgan fingerprint density at radius 1 is 1.17 bits per heavy atom. The summed E-state index contributed by atoms with van der Waals surface area (Å²) >= 11 is 1.17. The monoisotopic (exact) mass is 437 g/mol. The number of benzene rings is 1. The summed E-state index contributed by atoms with van der Waals surface area (Å²) in [4.78, 5) is 26.3. The molecular formula is C19H23N3O5S2. The SMILES string of the molecule is COc1ccccc1C(=O)NCC(=O)N1CCC(NS(=O)(=O)c2cccs2)CC1. The molecule has 2 N–H and O–H groups in total. The molecule has 2 aromatic rings. The molecule has 0 radical (unpaired) electrons. The van der Waals surface area contributed by atoms with Crippen molar-refractivity contribution in [3.63, 3.8) is 0 Å². The Kier molecular flexibility index (Phi) is 6.88. The van der Waals surface area contributed by atoms with Crippen LogP contribution in [0.2, 0.25) is 0 Å². The minimum absolute atomic E-state index is 0.123. The molecule has 156 valence electrons. The fraction of sp³-hybridized carbons (Fsp3) is 0.368. The fourth-order valence-corrected chi connectivity index (χ4v) is 5.45. The normalized spacial score (nSPS) is 15.1. The summed E-state index contributed by atoms with van der Waals surface area (Å²) in [5.41, 5.74) is 0.365. The first-order valence-corrected chi connectivity index (χ1v) is 11.5. The van der Waals surface area contributed by atoms with E-state index >= 15 is 0 Å². The third kappa shape index (κ3) is 5.34. The summed E-state index contributed by atoms with van der Waals surface area (Å²) in [6.07, 6.45) is 1.05. The van der Waals surface area contributed by atoms with Crippen LogP contribution in [0.25, 0.3) is 0 Å². The van der Waals surface area contributed by atoms with E-state index in [-0.39, 0.29) is 28.6 Å². The summed E-state index contributed by atoms with van der Waals surface area (Å²) in [7, 11) is -2.04. The molecular weight excluding hydrogens is 414 g/mol. The average Bonchev–Trinajstić information content (AvgIpc) is 3.28. The van der Waals surface area contributed by atoms with Crippen molar-refractivity contribution in [3.8, 4) is 5.75 Å². The molecule has 1 aliphatic heterocycles. The van der Waals surface area contributed by atoms with Crippen LogP contribution in [0.5, 0.6) is 5.75 Å². The molecule has 2 amide bonds. The highest BCUT2D eigenvalue weighted by Gasteiger charge is 2.27. The molecule has 2 heterocycles. The number of hydrogen-bond donors (Lipinski definition) is 2. The second-order valence-corrected chi connectivity index (χ2v) is 9.48. The largest absolute Gasteiger partial charge is 0.496 e. The Morgan fingerprint density at radius 2 is 1.90 bits per heavy atom. The number of likely N-dealkylation sites (tertiary alicyclic amines) is 1. The number of rotatable bonds is 7. The molecule has 0 spiro atoms. The molecule has 0 aliphatic carbocycles. The molecule has 0 unspecified atom stereocenters. The number of nitrogens with one attached hydrogen (secondary N) is 2. The molecule has 0 saturated carbocycles. The standard InChI is InChI=1S/C19H23N3O5S2/c1-27-16-6-3-2-5-15(16)19(24)20-13-17(23)22-10-8-14(9-11-22)21-29(25,26)18-7-4-12-28-18/h2-7,12,14,21H,8-11,13H2,1H3,(H,20,24). The number of carbonyl (C=O) groups excluding carboxylic acids is 2. The van der Waals surface area contributed by atoms with Gasteiger partial charge in [0.05, 0.1) is 19.2 Å². The van der Waals surface area contributed by atoms with Gasteiger partial charge in [0.2, 0.25) is 15.9 Å². The Labute approximate surface area is 173 Å². The van der Waals surface area contributed by atoms with Gasteiger partial charge in [0, 0.05) is 19.1 Å². The zero-order chi connectivity index (χ0) is 20.9. The van der Waals surface area contributed by atoms with Crippen molar-refractivity contribution in [3.05, 3.63) is 47.3 Å². The second-order valence-electron chi connectivity index (χ2n) is 6.59. The van der Waals surface area contributed by atoms with Crippen molar-refractivity contribution in [2.24, 2.45) is 0 Å². The van der Waals surface area contributed by atoms with Crippen LogP contribution in [-0.2, 0) is 14.8 Å². The van der Waals surface area contributed by atoms with Crippen LogP contribution in [0.3, 0.4) is 0 Å².